The van der Waals surface area contributed by atoms with Crippen molar-refractivity contribution in [3.8, 4) is 0 Å². The van der Waals surface area contributed by atoms with Gasteiger partial charge in [0.2, 0.25) is 0 Å². The smallest absolute Gasteiger partial charge is 0.330 e. The third-order valence-corrected chi connectivity index (χ3v) is 3.12. The van der Waals surface area contributed by atoms with Crippen molar-refractivity contribution in [2.75, 3.05) is 13.2 Å². The Balaban J connectivity index is 2.16. The molecule has 98 valence electrons. The minimum absolute atomic E-state index is 0.0358. The van der Waals surface area contributed by atoms with E-state index in [-0.39, 0.29) is 19.3 Å². The molecule has 1 N–H and O–H groups in total. The highest BCUT2D eigenvalue weighted by molar-refractivity contribution is 5.81. The lowest BCUT2D eigenvalue weighted by atomic mass is 9.88. The van der Waals surface area contributed by atoms with Gasteiger partial charge in [0.1, 0.15) is 12.7 Å². The second-order valence-corrected chi connectivity index (χ2v) is 4.62. The molecule has 0 amide bonds. The molecule has 1 saturated carbocycles. The Morgan fingerprint density at radius 1 is 1.47 bits per heavy atom. The monoisotopic (exact) mass is 242 g/mol. The van der Waals surface area contributed by atoms with Crippen molar-refractivity contribution in [3.05, 3.63) is 12.7 Å². The van der Waals surface area contributed by atoms with Crippen molar-refractivity contribution in [2.45, 2.75) is 44.8 Å². The van der Waals surface area contributed by atoms with Crippen LogP contribution >= 0.6 is 0 Å². The standard InChI is InChI=1S/C13H22O4/c1-3-13(15)17-9-11(14)8-16-12-7-5-4-6-10(12)2/h3,10-12,14H,1,4-9H2,2H3. The van der Waals surface area contributed by atoms with Crippen LogP contribution in [0.5, 0.6) is 0 Å². The Kier molecular flexibility index (Phi) is 6.22. The Hall–Kier alpha value is -0.870. The Morgan fingerprint density at radius 2 is 2.18 bits per heavy atom. The Bertz CT molecular complexity index is 252. The van der Waals surface area contributed by atoms with Crippen LogP contribution in [-0.4, -0.2) is 36.5 Å². The molecular weight excluding hydrogens is 220 g/mol. The van der Waals surface area contributed by atoms with Crippen molar-refractivity contribution >= 4 is 5.97 Å². The highest BCUT2D eigenvalue weighted by Crippen LogP contribution is 2.26. The van der Waals surface area contributed by atoms with Crippen LogP contribution in [-0.2, 0) is 14.3 Å². The van der Waals surface area contributed by atoms with Crippen molar-refractivity contribution in [1.29, 1.82) is 0 Å². The minimum Gasteiger partial charge on any atom is -0.460 e. The van der Waals surface area contributed by atoms with Gasteiger partial charge < -0.3 is 14.6 Å². The lowest BCUT2D eigenvalue weighted by molar-refractivity contribution is -0.143. The molecule has 0 aromatic carbocycles. The summed E-state index contributed by atoms with van der Waals surface area (Å²) in [5, 5.41) is 9.57. The number of esters is 1. The fraction of sp³-hybridized carbons (Fsp3) is 0.769. The van der Waals surface area contributed by atoms with Gasteiger partial charge in [0.15, 0.2) is 0 Å². The van der Waals surface area contributed by atoms with E-state index in [0.29, 0.717) is 5.92 Å². The molecule has 1 rings (SSSR count). The topological polar surface area (TPSA) is 55.8 Å². The van der Waals surface area contributed by atoms with E-state index in [9.17, 15) is 9.90 Å². The van der Waals surface area contributed by atoms with E-state index in [2.05, 4.69) is 13.5 Å². The summed E-state index contributed by atoms with van der Waals surface area (Å²) in [6.45, 7) is 5.64. The fourth-order valence-corrected chi connectivity index (χ4v) is 2.05. The molecule has 0 heterocycles. The third kappa shape index (κ3) is 5.33. The molecule has 0 radical (unpaired) electrons. The average molecular weight is 242 g/mol. The predicted octanol–water partition coefficient (Wildman–Crippen LogP) is 1.67. The second-order valence-electron chi connectivity index (χ2n) is 4.62. The van der Waals surface area contributed by atoms with Gasteiger partial charge >= 0.3 is 5.97 Å². The van der Waals surface area contributed by atoms with E-state index < -0.39 is 12.1 Å². The normalized spacial score (nSPS) is 26.2. The largest absolute Gasteiger partial charge is 0.460 e. The van der Waals surface area contributed by atoms with E-state index in [1.807, 2.05) is 0 Å². The molecule has 0 bridgehead atoms. The molecule has 0 spiro atoms. The van der Waals surface area contributed by atoms with Gasteiger partial charge in [0.25, 0.3) is 0 Å². The van der Waals surface area contributed by atoms with Crippen LogP contribution in [0.15, 0.2) is 12.7 Å². The summed E-state index contributed by atoms with van der Waals surface area (Å²) in [6, 6.07) is 0. The molecule has 0 aromatic rings. The molecule has 4 nitrogen and oxygen atoms in total. The molecule has 3 unspecified atom stereocenters. The number of aliphatic hydroxyl groups is 1. The van der Waals surface area contributed by atoms with Crippen LogP contribution < -0.4 is 0 Å². The zero-order valence-corrected chi connectivity index (χ0v) is 10.4. The van der Waals surface area contributed by atoms with Gasteiger partial charge in [-0.2, -0.15) is 0 Å². The van der Waals surface area contributed by atoms with Gasteiger partial charge in [-0.3, -0.25) is 0 Å². The van der Waals surface area contributed by atoms with Crippen molar-refractivity contribution in [1.82, 2.24) is 0 Å². The maximum atomic E-state index is 10.8. The molecular formula is C13H22O4. The molecule has 17 heavy (non-hydrogen) atoms. The maximum absolute atomic E-state index is 10.8. The van der Waals surface area contributed by atoms with E-state index in [1.54, 1.807) is 0 Å². The molecule has 1 aliphatic rings. The summed E-state index contributed by atoms with van der Waals surface area (Å²) in [6.07, 6.45) is 5.25. The predicted molar refractivity (Wildman–Crippen MR) is 64.5 cm³/mol. The number of hydrogen-bond acceptors (Lipinski definition) is 4. The van der Waals surface area contributed by atoms with E-state index in [0.717, 1.165) is 12.5 Å². The first kappa shape index (κ1) is 14.2. The number of carbonyl (C=O) groups excluding carboxylic acids is 1. The van der Waals surface area contributed by atoms with E-state index in [1.165, 1.54) is 19.3 Å². The van der Waals surface area contributed by atoms with E-state index in [4.69, 9.17) is 9.47 Å². The van der Waals surface area contributed by atoms with Gasteiger partial charge in [-0.15, -0.1) is 0 Å². The first-order valence-corrected chi connectivity index (χ1v) is 6.22. The van der Waals surface area contributed by atoms with Gasteiger partial charge in [0, 0.05) is 6.08 Å². The highest BCUT2D eigenvalue weighted by atomic mass is 16.5. The number of carbonyl (C=O) groups is 1. The minimum atomic E-state index is -0.756. The summed E-state index contributed by atoms with van der Waals surface area (Å²) in [4.78, 5) is 10.8. The molecule has 0 aliphatic heterocycles. The lowest BCUT2D eigenvalue weighted by Crippen LogP contribution is -2.31. The van der Waals surface area contributed by atoms with Crippen LogP contribution in [0.25, 0.3) is 0 Å². The third-order valence-electron chi connectivity index (χ3n) is 3.12. The zero-order valence-electron chi connectivity index (χ0n) is 10.4. The molecule has 1 fully saturated rings. The molecule has 4 heteroatoms. The van der Waals surface area contributed by atoms with Crippen LogP contribution in [0.3, 0.4) is 0 Å². The number of hydrogen-bond donors (Lipinski definition) is 1. The van der Waals surface area contributed by atoms with Gasteiger partial charge in [-0.05, 0) is 18.8 Å². The summed E-state index contributed by atoms with van der Waals surface area (Å²) in [5.41, 5.74) is 0. The second kappa shape index (κ2) is 7.45. The molecule has 0 aromatic heterocycles. The number of ether oxygens (including phenoxy) is 2. The van der Waals surface area contributed by atoms with Gasteiger partial charge in [-0.1, -0.05) is 26.3 Å². The fourth-order valence-electron chi connectivity index (χ4n) is 2.05. The van der Waals surface area contributed by atoms with Crippen LogP contribution in [0.1, 0.15) is 32.6 Å². The summed E-state index contributed by atoms with van der Waals surface area (Å²) >= 11 is 0. The van der Waals surface area contributed by atoms with Gasteiger partial charge in [-0.25, -0.2) is 4.79 Å². The number of rotatable bonds is 6. The average Bonchev–Trinajstić information content (AvgIpc) is 2.35. The van der Waals surface area contributed by atoms with Crippen LogP contribution in [0, 0.1) is 5.92 Å². The quantitative estimate of drug-likeness (QED) is 0.568. The van der Waals surface area contributed by atoms with Crippen LogP contribution in [0.4, 0.5) is 0 Å². The van der Waals surface area contributed by atoms with E-state index >= 15 is 0 Å². The van der Waals surface area contributed by atoms with Crippen molar-refractivity contribution in [2.24, 2.45) is 5.92 Å². The molecule has 1 aliphatic carbocycles. The highest BCUT2D eigenvalue weighted by Gasteiger charge is 2.22. The number of aliphatic hydroxyl groups excluding tert-OH is 1. The Labute approximate surface area is 103 Å². The van der Waals surface area contributed by atoms with Gasteiger partial charge in [0.05, 0.1) is 12.7 Å². The van der Waals surface area contributed by atoms with Crippen molar-refractivity contribution in [3.63, 3.8) is 0 Å². The first-order valence-electron chi connectivity index (χ1n) is 6.22. The summed E-state index contributed by atoms with van der Waals surface area (Å²) in [5.74, 6) is 0.0294. The maximum Gasteiger partial charge on any atom is 0.330 e. The summed E-state index contributed by atoms with van der Waals surface area (Å²) < 4.78 is 10.4. The van der Waals surface area contributed by atoms with Crippen molar-refractivity contribution < 1.29 is 19.4 Å². The first-order chi connectivity index (χ1) is 8.13. The molecule has 0 saturated heterocycles. The lowest BCUT2D eigenvalue weighted by Gasteiger charge is -2.29. The Morgan fingerprint density at radius 3 is 2.82 bits per heavy atom. The molecule has 3 atom stereocenters. The summed E-state index contributed by atoms with van der Waals surface area (Å²) in [7, 11) is 0. The SMILES string of the molecule is C=CC(=O)OCC(O)COC1CCCCC1C. The van der Waals surface area contributed by atoms with Crippen LogP contribution in [0.2, 0.25) is 0 Å². The zero-order chi connectivity index (χ0) is 12.7.